The molecule has 260 valence electrons. The standard InChI is InChI=1S/C43H40O8/c44-41(33-17-9-3-10-18-33)48-35-23-25-36(26-24-35)49-43-40(51-42(45)34-19-11-4-12-20-34)39(47-28-31-15-7-2-8-16-31)38(32-21-22-32)37(50-43)29-46-27-30-13-5-1-6-14-30/h1-20,23-26,32,37-40,43H,21-22,27-29H2. The Hall–Kier alpha value is -5.28. The first-order valence-corrected chi connectivity index (χ1v) is 17.3. The van der Waals surface area contributed by atoms with Gasteiger partial charge in [0.25, 0.3) is 0 Å². The largest absolute Gasteiger partial charge is 0.461 e. The molecule has 8 heteroatoms. The number of carbonyl (C=O) groups excluding carboxylic acids is 2. The van der Waals surface area contributed by atoms with Gasteiger partial charge in [-0.2, -0.15) is 0 Å². The van der Waals surface area contributed by atoms with E-state index < -0.39 is 36.5 Å². The van der Waals surface area contributed by atoms with E-state index in [2.05, 4.69) is 0 Å². The Morgan fingerprint density at radius 3 is 1.71 bits per heavy atom. The van der Waals surface area contributed by atoms with Crippen molar-refractivity contribution in [3.8, 4) is 11.5 Å². The van der Waals surface area contributed by atoms with Gasteiger partial charge in [-0.25, -0.2) is 9.59 Å². The summed E-state index contributed by atoms with van der Waals surface area (Å²) in [6.45, 7) is 1.05. The number of esters is 2. The second kappa shape index (κ2) is 16.6. The molecule has 1 aliphatic carbocycles. The van der Waals surface area contributed by atoms with Crippen molar-refractivity contribution in [1.29, 1.82) is 0 Å². The van der Waals surface area contributed by atoms with E-state index >= 15 is 0 Å². The fourth-order valence-corrected chi connectivity index (χ4v) is 6.41. The van der Waals surface area contributed by atoms with Crippen molar-refractivity contribution in [2.24, 2.45) is 11.8 Å². The van der Waals surface area contributed by atoms with E-state index in [1.165, 1.54) is 0 Å². The van der Waals surface area contributed by atoms with Gasteiger partial charge >= 0.3 is 11.9 Å². The molecule has 7 rings (SSSR count). The highest BCUT2D eigenvalue weighted by Crippen LogP contribution is 2.47. The molecule has 1 saturated carbocycles. The summed E-state index contributed by atoms with van der Waals surface area (Å²) in [6.07, 6.45) is -0.861. The van der Waals surface area contributed by atoms with Gasteiger partial charge in [-0.1, -0.05) is 97.1 Å². The molecule has 1 aliphatic heterocycles. The van der Waals surface area contributed by atoms with Crippen LogP contribution in [0.1, 0.15) is 44.7 Å². The molecule has 51 heavy (non-hydrogen) atoms. The summed E-state index contributed by atoms with van der Waals surface area (Å²) in [5.41, 5.74) is 2.92. The van der Waals surface area contributed by atoms with Gasteiger partial charge in [0, 0.05) is 5.92 Å². The summed E-state index contributed by atoms with van der Waals surface area (Å²) in [5, 5.41) is 0. The van der Waals surface area contributed by atoms with E-state index in [4.69, 9.17) is 28.4 Å². The van der Waals surface area contributed by atoms with E-state index in [-0.39, 0.29) is 5.92 Å². The van der Waals surface area contributed by atoms with Crippen molar-refractivity contribution < 1.29 is 38.0 Å². The number of hydrogen-bond acceptors (Lipinski definition) is 8. The van der Waals surface area contributed by atoms with Crippen LogP contribution in [0.4, 0.5) is 0 Å². The Kier molecular flexibility index (Phi) is 11.1. The first-order chi connectivity index (χ1) is 25.1. The van der Waals surface area contributed by atoms with Crippen molar-refractivity contribution in [2.75, 3.05) is 6.61 Å². The minimum atomic E-state index is -1.03. The molecule has 1 saturated heterocycles. The molecular weight excluding hydrogens is 644 g/mol. The molecule has 5 aromatic rings. The number of rotatable bonds is 14. The first kappa shape index (κ1) is 34.2. The van der Waals surface area contributed by atoms with E-state index in [1.54, 1.807) is 72.8 Å². The molecule has 0 radical (unpaired) electrons. The maximum Gasteiger partial charge on any atom is 0.343 e. The second-order valence-corrected chi connectivity index (χ2v) is 12.8. The fourth-order valence-electron chi connectivity index (χ4n) is 6.41. The summed E-state index contributed by atoms with van der Waals surface area (Å²) in [4.78, 5) is 26.3. The predicted octanol–water partition coefficient (Wildman–Crippen LogP) is 8.06. The molecule has 5 atom stereocenters. The third kappa shape index (κ3) is 9.10. The SMILES string of the molecule is O=C(Oc1ccc(OC2OC(COCc3ccccc3)C(C3CC3)C(OCc3ccccc3)C2OC(=O)c2ccccc2)cc1)c1ccccc1. The van der Waals surface area contributed by atoms with Gasteiger partial charge in [0.15, 0.2) is 6.10 Å². The van der Waals surface area contributed by atoms with Crippen molar-refractivity contribution in [3.05, 3.63) is 168 Å². The zero-order valence-electron chi connectivity index (χ0n) is 28.1. The number of benzene rings is 5. The Morgan fingerprint density at radius 1 is 0.588 bits per heavy atom. The van der Waals surface area contributed by atoms with Gasteiger partial charge in [-0.15, -0.1) is 0 Å². The average molecular weight is 685 g/mol. The van der Waals surface area contributed by atoms with Crippen LogP contribution in [-0.4, -0.2) is 43.1 Å². The normalized spacial score (nSPS) is 21.4. The van der Waals surface area contributed by atoms with Crippen LogP contribution in [-0.2, 0) is 32.2 Å². The molecule has 5 unspecified atom stereocenters. The Bertz CT molecular complexity index is 1830. The maximum atomic E-state index is 13.6. The Balaban J connectivity index is 1.16. The lowest BCUT2D eigenvalue weighted by Crippen LogP contribution is -2.60. The molecule has 0 spiro atoms. The van der Waals surface area contributed by atoms with Crippen molar-refractivity contribution >= 4 is 11.9 Å². The van der Waals surface area contributed by atoms with E-state index in [1.807, 2.05) is 72.8 Å². The van der Waals surface area contributed by atoms with Crippen LogP contribution in [0.5, 0.6) is 11.5 Å². The summed E-state index contributed by atoms with van der Waals surface area (Å²) in [6, 6.07) is 44.3. The third-order valence-electron chi connectivity index (χ3n) is 9.10. The van der Waals surface area contributed by atoms with Crippen LogP contribution in [0.15, 0.2) is 146 Å². The lowest BCUT2D eigenvalue weighted by atomic mass is 9.84. The maximum absolute atomic E-state index is 13.6. The number of ether oxygens (including phenoxy) is 6. The highest BCUT2D eigenvalue weighted by Gasteiger charge is 2.54. The van der Waals surface area contributed by atoms with Gasteiger partial charge in [0.05, 0.1) is 37.1 Å². The molecular formula is C43H40O8. The molecule has 0 amide bonds. The van der Waals surface area contributed by atoms with E-state index in [9.17, 15) is 9.59 Å². The van der Waals surface area contributed by atoms with Crippen LogP contribution in [0, 0.1) is 11.8 Å². The topological polar surface area (TPSA) is 89.5 Å². The van der Waals surface area contributed by atoms with Crippen molar-refractivity contribution in [1.82, 2.24) is 0 Å². The summed E-state index contributed by atoms with van der Waals surface area (Å²) >= 11 is 0. The molecule has 0 aromatic heterocycles. The summed E-state index contributed by atoms with van der Waals surface area (Å²) in [7, 11) is 0. The minimum Gasteiger partial charge on any atom is -0.461 e. The highest BCUT2D eigenvalue weighted by atomic mass is 16.7. The quantitative estimate of drug-likeness (QED) is 0.0858. The van der Waals surface area contributed by atoms with Crippen LogP contribution in [0.25, 0.3) is 0 Å². The fraction of sp³-hybridized carbons (Fsp3) is 0.256. The third-order valence-corrected chi connectivity index (χ3v) is 9.10. The first-order valence-electron chi connectivity index (χ1n) is 17.3. The monoisotopic (exact) mass is 684 g/mol. The predicted molar refractivity (Wildman–Crippen MR) is 190 cm³/mol. The van der Waals surface area contributed by atoms with Gasteiger partial charge in [-0.3, -0.25) is 0 Å². The van der Waals surface area contributed by atoms with Crippen molar-refractivity contribution in [2.45, 2.75) is 50.7 Å². The number of carbonyl (C=O) groups is 2. The van der Waals surface area contributed by atoms with E-state index in [0.717, 1.165) is 24.0 Å². The van der Waals surface area contributed by atoms with E-state index in [0.29, 0.717) is 48.4 Å². The van der Waals surface area contributed by atoms with Crippen LogP contribution in [0.2, 0.25) is 0 Å². The highest BCUT2D eigenvalue weighted by molar-refractivity contribution is 5.91. The molecule has 2 aliphatic rings. The van der Waals surface area contributed by atoms with Crippen LogP contribution >= 0.6 is 0 Å². The van der Waals surface area contributed by atoms with Gasteiger partial charge in [-0.05, 0) is 78.4 Å². The lowest BCUT2D eigenvalue weighted by Gasteiger charge is -2.46. The molecule has 0 bridgehead atoms. The average Bonchev–Trinajstić information content (AvgIpc) is 4.03. The Labute approximate surface area is 297 Å². The molecule has 2 fully saturated rings. The second-order valence-electron chi connectivity index (χ2n) is 12.8. The zero-order chi connectivity index (χ0) is 34.8. The van der Waals surface area contributed by atoms with Crippen LogP contribution < -0.4 is 9.47 Å². The minimum absolute atomic E-state index is 0.113. The van der Waals surface area contributed by atoms with Gasteiger partial charge in [0.2, 0.25) is 6.29 Å². The molecule has 8 nitrogen and oxygen atoms in total. The van der Waals surface area contributed by atoms with Crippen molar-refractivity contribution in [3.63, 3.8) is 0 Å². The molecule has 1 heterocycles. The Morgan fingerprint density at radius 2 is 1.12 bits per heavy atom. The smallest absolute Gasteiger partial charge is 0.343 e. The van der Waals surface area contributed by atoms with Gasteiger partial charge in [0.1, 0.15) is 17.6 Å². The summed E-state index contributed by atoms with van der Waals surface area (Å²) < 4.78 is 38.1. The number of hydrogen-bond donors (Lipinski definition) is 0. The van der Waals surface area contributed by atoms with Gasteiger partial charge < -0.3 is 28.4 Å². The zero-order valence-corrected chi connectivity index (χ0v) is 28.1. The molecule has 5 aromatic carbocycles. The van der Waals surface area contributed by atoms with Crippen LogP contribution in [0.3, 0.4) is 0 Å². The summed E-state index contributed by atoms with van der Waals surface area (Å²) in [5.74, 6) is 0.0401. The lowest BCUT2D eigenvalue weighted by molar-refractivity contribution is -0.279. The molecule has 0 N–H and O–H groups in total.